The summed E-state index contributed by atoms with van der Waals surface area (Å²) in [4.78, 5) is 41.3. The normalized spacial score (nSPS) is 15.8. The van der Waals surface area contributed by atoms with Crippen LogP contribution >= 0.6 is 0 Å². The molecule has 0 N–H and O–H groups in total. The first-order valence-electron chi connectivity index (χ1n) is 11.7. The molecule has 0 aromatic heterocycles. The molecule has 1 heterocycles. The smallest absolute Gasteiger partial charge is 0.355 e. The number of carbonyl (C=O) groups is 3. The number of hydrogen-bond acceptors (Lipinski definition) is 8. The van der Waals surface area contributed by atoms with Gasteiger partial charge in [0.15, 0.2) is 0 Å². The van der Waals surface area contributed by atoms with E-state index in [0.717, 1.165) is 0 Å². The van der Waals surface area contributed by atoms with E-state index in [0.29, 0.717) is 36.3 Å². The predicted molar refractivity (Wildman–Crippen MR) is 127 cm³/mol. The highest BCUT2D eigenvalue weighted by Crippen LogP contribution is 2.43. The van der Waals surface area contributed by atoms with Gasteiger partial charge in [-0.2, -0.15) is 0 Å². The lowest BCUT2D eigenvalue weighted by Gasteiger charge is -2.35. The van der Waals surface area contributed by atoms with Gasteiger partial charge in [-0.1, -0.05) is 32.9 Å². The van der Waals surface area contributed by atoms with E-state index in [-0.39, 0.29) is 36.7 Å². The summed E-state index contributed by atoms with van der Waals surface area (Å²) < 4.78 is 21.8. The summed E-state index contributed by atoms with van der Waals surface area (Å²) in [6.07, 6.45) is 1.88. The van der Waals surface area contributed by atoms with Gasteiger partial charge in [-0.25, -0.2) is 14.4 Å². The summed E-state index contributed by atoms with van der Waals surface area (Å²) in [7, 11) is 3.16. The average Bonchev–Trinajstić information content (AvgIpc) is 2.85. The Morgan fingerprint density at radius 3 is 1.91 bits per heavy atom. The van der Waals surface area contributed by atoms with Crippen LogP contribution in [0.1, 0.15) is 58.4 Å². The van der Waals surface area contributed by atoms with Crippen molar-refractivity contribution in [2.24, 2.45) is 0 Å². The molecule has 0 aliphatic carbocycles. The fraction of sp³-hybridized carbons (Fsp3) is 0.500. The van der Waals surface area contributed by atoms with Crippen molar-refractivity contribution in [3.05, 3.63) is 52.4 Å². The maximum atomic E-state index is 13.4. The molecule has 1 aliphatic heterocycles. The van der Waals surface area contributed by atoms with Crippen LogP contribution in [0.2, 0.25) is 0 Å². The van der Waals surface area contributed by atoms with Crippen LogP contribution in [0.3, 0.4) is 0 Å². The minimum atomic E-state index is -0.899. The highest BCUT2D eigenvalue weighted by Gasteiger charge is 2.43. The van der Waals surface area contributed by atoms with Crippen molar-refractivity contribution >= 4 is 17.9 Å². The van der Waals surface area contributed by atoms with Gasteiger partial charge in [0.25, 0.3) is 0 Å². The van der Waals surface area contributed by atoms with E-state index in [1.54, 1.807) is 38.2 Å². The molecule has 1 atom stereocenters. The number of carbonyl (C=O) groups excluding carboxylic acids is 3. The quantitative estimate of drug-likeness (QED) is 0.350. The zero-order valence-corrected chi connectivity index (χ0v) is 20.9. The van der Waals surface area contributed by atoms with E-state index >= 15 is 0 Å². The fourth-order valence-electron chi connectivity index (χ4n) is 3.71. The number of esters is 3. The highest BCUT2D eigenvalue weighted by atomic mass is 16.5. The monoisotopic (exact) mass is 473 g/mol. The van der Waals surface area contributed by atoms with Gasteiger partial charge in [0, 0.05) is 12.7 Å². The van der Waals surface area contributed by atoms with Gasteiger partial charge >= 0.3 is 17.9 Å². The van der Waals surface area contributed by atoms with E-state index in [9.17, 15) is 14.4 Å². The Kier molecular flexibility index (Phi) is 10.2. The molecule has 2 rings (SSSR count). The van der Waals surface area contributed by atoms with Crippen LogP contribution in [0.4, 0.5) is 0 Å². The predicted octanol–water partition coefficient (Wildman–Crippen LogP) is 4.11. The number of rotatable bonds is 11. The maximum Gasteiger partial charge on any atom is 0.355 e. The van der Waals surface area contributed by atoms with Crippen molar-refractivity contribution in [3.63, 3.8) is 0 Å². The molecule has 8 heteroatoms. The Bertz CT molecular complexity index is 964. The number of ether oxygens (including phenoxy) is 4. The van der Waals surface area contributed by atoms with E-state index < -0.39 is 23.8 Å². The molecule has 0 spiro atoms. The lowest BCUT2D eigenvalue weighted by Crippen LogP contribution is -2.38. The van der Waals surface area contributed by atoms with Crippen LogP contribution in [0.5, 0.6) is 5.75 Å². The van der Waals surface area contributed by atoms with Gasteiger partial charge < -0.3 is 23.8 Å². The molecular formula is C26H35NO7. The van der Waals surface area contributed by atoms with Crippen molar-refractivity contribution in [1.82, 2.24) is 4.90 Å². The molecule has 186 valence electrons. The van der Waals surface area contributed by atoms with Crippen molar-refractivity contribution in [1.29, 1.82) is 0 Å². The molecule has 1 aromatic rings. The number of benzene rings is 1. The van der Waals surface area contributed by atoms with Crippen molar-refractivity contribution in [3.8, 4) is 5.75 Å². The van der Waals surface area contributed by atoms with E-state index in [4.69, 9.17) is 18.9 Å². The van der Waals surface area contributed by atoms with Gasteiger partial charge in [-0.05, 0) is 43.9 Å². The minimum absolute atomic E-state index is 0.0411. The summed E-state index contributed by atoms with van der Waals surface area (Å²) >= 11 is 0. The maximum absolute atomic E-state index is 13.4. The molecule has 0 bridgehead atoms. The van der Waals surface area contributed by atoms with E-state index in [1.165, 1.54) is 12.0 Å². The summed E-state index contributed by atoms with van der Waals surface area (Å²) in [5, 5.41) is 0. The topological polar surface area (TPSA) is 91.4 Å². The molecule has 0 saturated carbocycles. The molecule has 34 heavy (non-hydrogen) atoms. The third kappa shape index (κ3) is 5.98. The molecule has 0 amide bonds. The van der Waals surface area contributed by atoms with Crippen LogP contribution in [-0.2, 0) is 28.6 Å². The molecule has 8 nitrogen and oxygen atoms in total. The van der Waals surface area contributed by atoms with Crippen LogP contribution in [0, 0.1) is 0 Å². The molecule has 1 aromatic carbocycles. The van der Waals surface area contributed by atoms with Crippen LogP contribution in [-0.4, -0.2) is 56.8 Å². The summed E-state index contributed by atoms with van der Waals surface area (Å²) in [6.45, 7) is 7.98. The number of methoxy groups -OCH3 is 1. The first kappa shape index (κ1) is 27.0. The van der Waals surface area contributed by atoms with Gasteiger partial charge in [-0.3, -0.25) is 0 Å². The largest absolute Gasteiger partial charge is 0.497 e. The Balaban J connectivity index is 2.81. The van der Waals surface area contributed by atoms with E-state index in [1.807, 2.05) is 20.8 Å². The Labute approximate surface area is 201 Å². The first-order chi connectivity index (χ1) is 16.3. The van der Waals surface area contributed by atoms with Crippen molar-refractivity contribution in [2.75, 3.05) is 34.0 Å². The molecule has 0 radical (unpaired) electrons. The van der Waals surface area contributed by atoms with Crippen molar-refractivity contribution < 1.29 is 33.3 Å². The van der Waals surface area contributed by atoms with Gasteiger partial charge in [0.05, 0.1) is 44.0 Å². The van der Waals surface area contributed by atoms with Crippen LogP contribution in [0.25, 0.3) is 0 Å². The van der Waals surface area contributed by atoms with Gasteiger partial charge in [0.1, 0.15) is 11.4 Å². The highest BCUT2D eigenvalue weighted by molar-refractivity contribution is 6.06. The number of hydrogen-bond donors (Lipinski definition) is 0. The summed E-state index contributed by atoms with van der Waals surface area (Å²) in [5.74, 6) is -2.24. The Morgan fingerprint density at radius 2 is 1.38 bits per heavy atom. The molecule has 0 saturated heterocycles. The van der Waals surface area contributed by atoms with Gasteiger partial charge in [-0.15, -0.1) is 0 Å². The van der Waals surface area contributed by atoms with E-state index in [2.05, 4.69) is 0 Å². The molecule has 1 aliphatic rings. The molecule has 0 fully saturated rings. The zero-order chi connectivity index (χ0) is 25.3. The third-order valence-electron chi connectivity index (χ3n) is 5.43. The van der Waals surface area contributed by atoms with Crippen molar-refractivity contribution in [2.45, 2.75) is 52.9 Å². The standard InChI is InChI=1S/C26H35NO7/c1-7-13-32-24(28)20-17(4)27(5)23(26(30)34-15-9-3)22(25(29)33-14-8-2)21(20)18-11-10-12-19(16-18)31-6/h10-12,16,21H,7-9,13-15H2,1-6H3. The third-order valence-corrected chi connectivity index (χ3v) is 5.43. The summed E-state index contributed by atoms with van der Waals surface area (Å²) in [5.41, 5.74) is 1.44. The number of allylic oxidation sites excluding steroid dienone is 1. The first-order valence-corrected chi connectivity index (χ1v) is 11.7. The zero-order valence-electron chi connectivity index (χ0n) is 20.9. The lowest BCUT2D eigenvalue weighted by atomic mass is 9.79. The average molecular weight is 474 g/mol. The Morgan fingerprint density at radius 1 is 0.853 bits per heavy atom. The second kappa shape index (κ2) is 12.8. The van der Waals surface area contributed by atoms with Crippen LogP contribution in [0.15, 0.2) is 46.8 Å². The number of nitrogens with zero attached hydrogens (tertiary/aromatic N) is 1. The summed E-state index contributed by atoms with van der Waals surface area (Å²) in [6, 6.07) is 7.04. The lowest BCUT2D eigenvalue weighted by molar-refractivity contribution is -0.144. The van der Waals surface area contributed by atoms with Gasteiger partial charge in [0.2, 0.25) is 0 Å². The molecule has 1 unspecified atom stereocenters. The SMILES string of the molecule is CCCOC(=O)C1=C(C)N(C)C(C(=O)OCCC)=C(C(=O)OCCC)C1c1cccc(OC)c1. The minimum Gasteiger partial charge on any atom is -0.497 e. The molecular weight excluding hydrogens is 438 g/mol. The fourth-order valence-corrected chi connectivity index (χ4v) is 3.71. The van der Waals surface area contributed by atoms with Crippen LogP contribution < -0.4 is 4.74 Å². The Hall–Kier alpha value is -3.29. The second-order valence-electron chi connectivity index (χ2n) is 7.94. The second-order valence-corrected chi connectivity index (χ2v) is 7.94. The number of likely N-dealkylation sites (N-methyl/N-ethyl adjacent to an activating group) is 1.